The van der Waals surface area contributed by atoms with Crippen molar-refractivity contribution >= 4 is 23.4 Å². The molecule has 0 saturated heterocycles. The second-order valence-corrected chi connectivity index (χ2v) is 9.29. The number of benzene rings is 3. The second-order valence-electron chi connectivity index (χ2n) is 7.73. The highest BCUT2D eigenvalue weighted by Gasteiger charge is 2.22. The van der Waals surface area contributed by atoms with E-state index in [2.05, 4.69) is 12.1 Å². The van der Waals surface area contributed by atoms with E-state index in [-0.39, 0.29) is 13.2 Å². The van der Waals surface area contributed by atoms with E-state index in [0.29, 0.717) is 24.5 Å². The standard InChI is InChI=1S/C25H27ClO3S/c1-25(17-27,18-28)13-12-20-10-11-23(15-24(20)26)30-22-9-5-8-21(14-22)29-16-19-6-3-2-4-7-19/h2-11,14-15,27-28H,12-13,16-18H2,1H3. The van der Waals surface area contributed by atoms with Crippen molar-refractivity contribution in [2.24, 2.45) is 5.41 Å². The van der Waals surface area contributed by atoms with E-state index >= 15 is 0 Å². The van der Waals surface area contributed by atoms with Gasteiger partial charge in [0.25, 0.3) is 0 Å². The fraction of sp³-hybridized carbons (Fsp3) is 0.280. The van der Waals surface area contributed by atoms with Crippen LogP contribution in [0.4, 0.5) is 0 Å². The Kier molecular flexibility index (Phi) is 8.23. The molecule has 0 aliphatic rings. The molecule has 0 atom stereocenters. The summed E-state index contributed by atoms with van der Waals surface area (Å²) in [6.45, 7) is 2.32. The molecule has 30 heavy (non-hydrogen) atoms. The number of aryl methyl sites for hydroxylation is 1. The molecule has 3 aromatic carbocycles. The van der Waals surface area contributed by atoms with E-state index in [0.717, 1.165) is 26.7 Å². The Hall–Kier alpha value is -1.98. The summed E-state index contributed by atoms with van der Waals surface area (Å²) in [4.78, 5) is 2.13. The summed E-state index contributed by atoms with van der Waals surface area (Å²) in [5, 5.41) is 19.6. The van der Waals surface area contributed by atoms with Crippen LogP contribution in [0.15, 0.2) is 82.6 Å². The Labute approximate surface area is 187 Å². The van der Waals surface area contributed by atoms with Gasteiger partial charge in [-0.25, -0.2) is 0 Å². The van der Waals surface area contributed by atoms with Gasteiger partial charge in [0, 0.05) is 20.2 Å². The van der Waals surface area contributed by atoms with Crippen LogP contribution in [0.1, 0.15) is 24.5 Å². The lowest BCUT2D eigenvalue weighted by Crippen LogP contribution is -2.26. The van der Waals surface area contributed by atoms with Crippen molar-refractivity contribution in [3.8, 4) is 5.75 Å². The lowest BCUT2D eigenvalue weighted by molar-refractivity contribution is 0.0631. The van der Waals surface area contributed by atoms with Crippen LogP contribution >= 0.6 is 23.4 Å². The van der Waals surface area contributed by atoms with Gasteiger partial charge < -0.3 is 14.9 Å². The first-order valence-electron chi connectivity index (χ1n) is 9.96. The van der Waals surface area contributed by atoms with Crippen LogP contribution in [0.3, 0.4) is 0 Å². The molecular weight excluding hydrogens is 416 g/mol. The molecule has 0 saturated carbocycles. The van der Waals surface area contributed by atoms with Crippen molar-refractivity contribution in [1.82, 2.24) is 0 Å². The molecule has 158 valence electrons. The van der Waals surface area contributed by atoms with Crippen molar-refractivity contribution in [1.29, 1.82) is 0 Å². The Morgan fingerprint density at radius 1 is 0.900 bits per heavy atom. The molecule has 0 aliphatic carbocycles. The summed E-state index contributed by atoms with van der Waals surface area (Å²) in [6.07, 6.45) is 1.39. The summed E-state index contributed by atoms with van der Waals surface area (Å²) in [5.74, 6) is 0.832. The summed E-state index contributed by atoms with van der Waals surface area (Å²) in [6, 6.07) is 24.2. The number of hydrogen-bond acceptors (Lipinski definition) is 4. The van der Waals surface area contributed by atoms with Crippen LogP contribution in [0, 0.1) is 5.41 Å². The van der Waals surface area contributed by atoms with Crippen LogP contribution in [0.2, 0.25) is 5.02 Å². The average Bonchev–Trinajstić information content (AvgIpc) is 2.78. The number of hydrogen-bond donors (Lipinski definition) is 2. The van der Waals surface area contributed by atoms with Crippen LogP contribution in [-0.2, 0) is 13.0 Å². The highest BCUT2D eigenvalue weighted by atomic mass is 35.5. The third-order valence-corrected chi connectivity index (χ3v) is 6.41. The Morgan fingerprint density at radius 2 is 1.63 bits per heavy atom. The van der Waals surface area contributed by atoms with Gasteiger partial charge in [-0.3, -0.25) is 0 Å². The number of halogens is 1. The Balaban J connectivity index is 1.61. The van der Waals surface area contributed by atoms with Crippen LogP contribution < -0.4 is 4.74 Å². The van der Waals surface area contributed by atoms with Gasteiger partial charge in [-0.2, -0.15) is 0 Å². The highest BCUT2D eigenvalue weighted by molar-refractivity contribution is 7.99. The molecule has 3 aromatic rings. The van der Waals surface area contributed by atoms with Gasteiger partial charge in [-0.05, 0) is 54.3 Å². The molecular formula is C25H27ClO3S. The van der Waals surface area contributed by atoms with E-state index in [4.69, 9.17) is 16.3 Å². The van der Waals surface area contributed by atoms with Crippen molar-refractivity contribution in [2.75, 3.05) is 13.2 Å². The molecule has 2 N–H and O–H groups in total. The smallest absolute Gasteiger partial charge is 0.120 e. The summed E-state index contributed by atoms with van der Waals surface area (Å²) >= 11 is 8.13. The molecule has 3 rings (SSSR count). The lowest BCUT2D eigenvalue weighted by Gasteiger charge is -2.24. The quantitative estimate of drug-likeness (QED) is 0.404. The zero-order valence-corrected chi connectivity index (χ0v) is 18.6. The fourth-order valence-corrected chi connectivity index (χ4v) is 4.19. The first-order chi connectivity index (χ1) is 14.5. The molecule has 0 aliphatic heterocycles. The van der Waals surface area contributed by atoms with E-state index < -0.39 is 5.41 Å². The van der Waals surface area contributed by atoms with E-state index in [1.54, 1.807) is 11.8 Å². The minimum absolute atomic E-state index is 0.0439. The topological polar surface area (TPSA) is 49.7 Å². The Morgan fingerprint density at radius 3 is 2.33 bits per heavy atom. The van der Waals surface area contributed by atoms with E-state index in [1.165, 1.54) is 0 Å². The molecule has 0 radical (unpaired) electrons. The Bertz CT molecular complexity index is 942. The van der Waals surface area contributed by atoms with E-state index in [9.17, 15) is 10.2 Å². The molecule has 0 heterocycles. The van der Waals surface area contributed by atoms with Gasteiger partial charge in [-0.1, -0.05) is 72.8 Å². The van der Waals surface area contributed by atoms with Gasteiger partial charge in [0.15, 0.2) is 0 Å². The third-order valence-electron chi connectivity index (χ3n) is 5.08. The first-order valence-corrected chi connectivity index (χ1v) is 11.2. The van der Waals surface area contributed by atoms with Gasteiger partial charge in [-0.15, -0.1) is 0 Å². The van der Waals surface area contributed by atoms with Gasteiger partial charge in [0.1, 0.15) is 12.4 Å². The van der Waals surface area contributed by atoms with Crippen molar-refractivity contribution in [3.05, 3.63) is 88.9 Å². The molecule has 0 unspecified atom stereocenters. The molecule has 0 spiro atoms. The van der Waals surface area contributed by atoms with Gasteiger partial charge in [0.05, 0.1) is 13.2 Å². The molecule has 0 bridgehead atoms. The van der Waals surface area contributed by atoms with E-state index in [1.807, 2.05) is 67.6 Å². The predicted octanol–water partition coefficient (Wildman–Crippen LogP) is 5.99. The number of aliphatic hydroxyl groups excluding tert-OH is 2. The van der Waals surface area contributed by atoms with Gasteiger partial charge >= 0.3 is 0 Å². The normalized spacial score (nSPS) is 11.5. The summed E-state index contributed by atoms with van der Waals surface area (Å²) in [7, 11) is 0. The minimum Gasteiger partial charge on any atom is -0.489 e. The summed E-state index contributed by atoms with van der Waals surface area (Å²) < 4.78 is 5.92. The fourth-order valence-electron chi connectivity index (χ4n) is 2.94. The second kappa shape index (κ2) is 10.9. The van der Waals surface area contributed by atoms with Crippen molar-refractivity contribution < 1.29 is 14.9 Å². The monoisotopic (exact) mass is 442 g/mol. The maximum Gasteiger partial charge on any atom is 0.120 e. The zero-order chi connectivity index (χ0) is 21.4. The van der Waals surface area contributed by atoms with Crippen LogP contribution in [-0.4, -0.2) is 23.4 Å². The highest BCUT2D eigenvalue weighted by Crippen LogP contribution is 2.34. The SMILES string of the molecule is CC(CO)(CO)CCc1ccc(Sc2cccc(OCc3ccccc3)c2)cc1Cl. The third kappa shape index (κ3) is 6.51. The molecule has 0 aromatic heterocycles. The molecule has 0 fully saturated rings. The first kappa shape index (κ1) is 22.7. The van der Waals surface area contributed by atoms with Crippen molar-refractivity contribution in [3.63, 3.8) is 0 Å². The maximum atomic E-state index is 9.46. The van der Waals surface area contributed by atoms with Crippen LogP contribution in [0.5, 0.6) is 5.75 Å². The molecule has 5 heteroatoms. The molecule has 3 nitrogen and oxygen atoms in total. The average molecular weight is 443 g/mol. The lowest BCUT2D eigenvalue weighted by atomic mass is 9.86. The number of rotatable bonds is 10. The largest absolute Gasteiger partial charge is 0.489 e. The number of aliphatic hydroxyl groups is 2. The summed E-state index contributed by atoms with van der Waals surface area (Å²) in [5.41, 5.74) is 1.67. The number of ether oxygens (including phenoxy) is 1. The predicted molar refractivity (Wildman–Crippen MR) is 123 cm³/mol. The van der Waals surface area contributed by atoms with Gasteiger partial charge in [0.2, 0.25) is 0 Å². The zero-order valence-electron chi connectivity index (χ0n) is 17.1. The minimum atomic E-state index is -0.489. The van der Waals surface area contributed by atoms with Crippen LogP contribution in [0.25, 0.3) is 0 Å². The maximum absolute atomic E-state index is 9.46. The van der Waals surface area contributed by atoms with Crippen molar-refractivity contribution in [2.45, 2.75) is 36.2 Å². The molecule has 0 amide bonds.